The molecule has 0 bridgehead atoms. The third-order valence-corrected chi connectivity index (χ3v) is 7.88. The number of carbonyl (C=O) groups is 4. The van der Waals surface area contributed by atoms with E-state index in [0.29, 0.717) is 13.0 Å². The van der Waals surface area contributed by atoms with Gasteiger partial charge in [0.25, 0.3) is 0 Å². The number of methoxy groups -OCH3 is 1. The van der Waals surface area contributed by atoms with Crippen molar-refractivity contribution in [2.75, 3.05) is 20.2 Å². The van der Waals surface area contributed by atoms with Crippen molar-refractivity contribution in [1.29, 1.82) is 0 Å². The van der Waals surface area contributed by atoms with Crippen LogP contribution in [0.15, 0.2) is 48.5 Å². The Morgan fingerprint density at radius 1 is 1.00 bits per heavy atom. The normalized spacial score (nSPS) is 26.1. The highest BCUT2D eigenvalue weighted by atomic mass is 19.4. The van der Waals surface area contributed by atoms with Gasteiger partial charge in [-0.05, 0) is 61.6 Å². The highest BCUT2D eigenvalue weighted by Gasteiger charge is 2.72. The second kappa shape index (κ2) is 11.0. The number of carboxylic acid groups (broad SMARTS) is 1. The first kappa shape index (κ1) is 29.2. The molecule has 0 radical (unpaired) electrons. The van der Waals surface area contributed by atoms with E-state index in [2.05, 4.69) is 4.90 Å². The summed E-state index contributed by atoms with van der Waals surface area (Å²) < 4.78 is 50.3. The number of hydrogen-bond acceptors (Lipinski definition) is 6. The number of amides is 2. The van der Waals surface area contributed by atoms with Gasteiger partial charge >= 0.3 is 18.1 Å². The maximum absolute atomic E-state index is 13.4. The van der Waals surface area contributed by atoms with Gasteiger partial charge in [-0.2, -0.15) is 13.2 Å². The Balaban J connectivity index is 0.000000470. The smallest absolute Gasteiger partial charge is 0.475 e. The summed E-state index contributed by atoms with van der Waals surface area (Å²) in [5, 5.41) is 7.12. The lowest BCUT2D eigenvalue weighted by molar-refractivity contribution is -0.192. The summed E-state index contributed by atoms with van der Waals surface area (Å²) in [6.45, 7) is 2.70. The number of hydrogen-bond donors (Lipinski definition) is 1. The molecule has 3 fully saturated rings. The Kier molecular flexibility index (Phi) is 8.02. The predicted octanol–water partition coefficient (Wildman–Crippen LogP) is 4.20. The van der Waals surface area contributed by atoms with Crippen LogP contribution < -0.4 is 0 Å². The van der Waals surface area contributed by atoms with Crippen LogP contribution >= 0.6 is 0 Å². The quantitative estimate of drug-likeness (QED) is 0.337. The van der Waals surface area contributed by atoms with E-state index < -0.39 is 35.5 Å². The van der Waals surface area contributed by atoms with E-state index in [1.54, 1.807) is 19.1 Å². The number of ether oxygens (including phenoxy) is 1. The van der Waals surface area contributed by atoms with Crippen LogP contribution in [0.5, 0.6) is 0 Å². The molecule has 1 N–H and O–H groups in total. The van der Waals surface area contributed by atoms with E-state index in [1.165, 1.54) is 24.1 Å². The first-order valence-electron chi connectivity index (χ1n) is 12.7. The standard InChI is InChI=1S/C26H27FN2O4.C2HF3O2/c1-3-28-23(30)20-21(24(28)31)26(25(32)33-2)14-4-5-15-29(26)22(20)18-8-6-16(7-9-18)17-10-12-19(27)13-11-17;3-2(4,5)1(6)7/h6-13,20-22H,3-5,14-15H2,1-2H3;(H,6,7)/t20?,21?,22?,26-;/m0./s1. The number of alkyl halides is 3. The maximum atomic E-state index is 13.4. The lowest BCUT2D eigenvalue weighted by Gasteiger charge is -2.44. The Morgan fingerprint density at radius 2 is 1.55 bits per heavy atom. The van der Waals surface area contributed by atoms with Crippen molar-refractivity contribution >= 4 is 23.8 Å². The topological polar surface area (TPSA) is 104 Å². The van der Waals surface area contributed by atoms with Gasteiger partial charge in [-0.25, -0.2) is 9.18 Å². The van der Waals surface area contributed by atoms with Crippen LogP contribution in [0.3, 0.4) is 0 Å². The molecule has 214 valence electrons. The monoisotopic (exact) mass is 564 g/mol. The van der Waals surface area contributed by atoms with E-state index in [4.69, 9.17) is 14.6 Å². The first-order chi connectivity index (χ1) is 18.9. The van der Waals surface area contributed by atoms with Crippen molar-refractivity contribution in [3.63, 3.8) is 0 Å². The number of fused-ring (bicyclic) bond motifs is 3. The SMILES string of the molecule is CCN1C(=O)C2C(c3ccc(-c4ccc(F)cc4)cc3)N3CCCC[C@@]3(C(=O)OC)C2C1=O.O=C(O)C(F)(F)F. The molecule has 0 spiro atoms. The van der Waals surface area contributed by atoms with E-state index in [0.717, 1.165) is 29.5 Å². The highest BCUT2D eigenvalue weighted by molar-refractivity contribution is 6.09. The molecule has 5 rings (SSSR count). The van der Waals surface area contributed by atoms with E-state index in [1.807, 2.05) is 24.3 Å². The average molecular weight is 565 g/mol. The van der Waals surface area contributed by atoms with E-state index >= 15 is 0 Å². The van der Waals surface area contributed by atoms with Gasteiger partial charge in [-0.1, -0.05) is 36.4 Å². The molecule has 3 heterocycles. The fourth-order valence-corrected chi connectivity index (χ4v) is 6.24. The molecule has 3 unspecified atom stereocenters. The van der Waals surface area contributed by atoms with Gasteiger partial charge in [0.1, 0.15) is 11.4 Å². The highest BCUT2D eigenvalue weighted by Crippen LogP contribution is 2.58. The number of halogens is 4. The summed E-state index contributed by atoms with van der Waals surface area (Å²) in [4.78, 5) is 52.3. The summed E-state index contributed by atoms with van der Waals surface area (Å²) in [5.41, 5.74) is 1.59. The molecule has 2 aromatic rings. The molecular formula is C28H28F4N2O6. The van der Waals surface area contributed by atoms with Crippen LogP contribution in [0.2, 0.25) is 0 Å². The summed E-state index contributed by atoms with van der Waals surface area (Å²) in [6, 6.07) is 13.7. The minimum absolute atomic E-state index is 0.210. The predicted molar refractivity (Wildman–Crippen MR) is 133 cm³/mol. The largest absolute Gasteiger partial charge is 0.490 e. The molecule has 0 aliphatic carbocycles. The third kappa shape index (κ3) is 4.85. The molecule has 12 heteroatoms. The van der Waals surface area contributed by atoms with E-state index in [-0.39, 0.29) is 30.2 Å². The lowest BCUT2D eigenvalue weighted by atomic mass is 9.75. The Labute approximate surface area is 227 Å². The average Bonchev–Trinajstić information content (AvgIpc) is 3.38. The third-order valence-electron chi connectivity index (χ3n) is 7.88. The molecular weight excluding hydrogens is 536 g/mol. The fraction of sp³-hybridized carbons (Fsp3) is 0.429. The number of piperidine rings is 1. The van der Waals surface area contributed by atoms with Gasteiger partial charge in [0.15, 0.2) is 0 Å². The Morgan fingerprint density at radius 3 is 2.05 bits per heavy atom. The second-order valence-electron chi connectivity index (χ2n) is 9.87. The molecule has 3 aliphatic rings. The minimum atomic E-state index is -5.08. The van der Waals surface area contributed by atoms with Crippen molar-refractivity contribution in [2.45, 2.75) is 43.9 Å². The van der Waals surface area contributed by atoms with Gasteiger partial charge < -0.3 is 9.84 Å². The number of likely N-dealkylation sites (tertiary alicyclic amines) is 1. The Hall–Kier alpha value is -3.80. The number of imide groups is 1. The fourth-order valence-electron chi connectivity index (χ4n) is 6.24. The molecule has 8 nitrogen and oxygen atoms in total. The number of aliphatic carboxylic acids is 1. The number of nitrogens with zero attached hydrogens (tertiary/aromatic N) is 2. The van der Waals surface area contributed by atoms with Crippen LogP contribution in [0, 0.1) is 17.7 Å². The molecule has 0 aromatic heterocycles. The van der Waals surface area contributed by atoms with Crippen LogP contribution in [0.4, 0.5) is 17.6 Å². The number of esters is 1. The lowest BCUT2D eigenvalue weighted by Crippen LogP contribution is -2.59. The molecule has 2 amide bonds. The van der Waals surface area contributed by atoms with Crippen molar-refractivity contribution in [3.8, 4) is 11.1 Å². The van der Waals surface area contributed by atoms with Gasteiger partial charge in [-0.3, -0.25) is 24.2 Å². The van der Waals surface area contributed by atoms with Crippen molar-refractivity contribution in [2.24, 2.45) is 11.8 Å². The van der Waals surface area contributed by atoms with Crippen LogP contribution in [-0.4, -0.2) is 70.6 Å². The molecule has 2 aromatic carbocycles. The molecule has 3 aliphatic heterocycles. The van der Waals surface area contributed by atoms with Crippen molar-refractivity contribution in [1.82, 2.24) is 9.80 Å². The first-order valence-corrected chi connectivity index (χ1v) is 12.7. The number of carboxylic acids is 1. The molecule has 4 atom stereocenters. The summed E-state index contributed by atoms with van der Waals surface area (Å²) in [5.74, 6) is -5.31. The Bertz CT molecular complexity index is 1300. The van der Waals surface area contributed by atoms with Gasteiger partial charge in [0.05, 0.1) is 18.9 Å². The number of rotatable bonds is 4. The second-order valence-corrected chi connectivity index (χ2v) is 9.87. The van der Waals surface area contributed by atoms with E-state index in [9.17, 15) is 31.9 Å². The van der Waals surface area contributed by atoms with Gasteiger partial charge in [0.2, 0.25) is 11.8 Å². The van der Waals surface area contributed by atoms with Crippen molar-refractivity contribution in [3.05, 3.63) is 59.9 Å². The maximum Gasteiger partial charge on any atom is 0.490 e. The zero-order valence-electron chi connectivity index (χ0n) is 21.8. The number of benzene rings is 2. The van der Waals surface area contributed by atoms with Gasteiger partial charge in [0, 0.05) is 12.6 Å². The van der Waals surface area contributed by atoms with Crippen LogP contribution in [-0.2, 0) is 23.9 Å². The van der Waals surface area contributed by atoms with Gasteiger partial charge in [-0.15, -0.1) is 0 Å². The summed E-state index contributed by atoms with van der Waals surface area (Å²) in [7, 11) is 1.35. The molecule has 0 saturated carbocycles. The minimum Gasteiger partial charge on any atom is -0.475 e. The molecule has 40 heavy (non-hydrogen) atoms. The van der Waals surface area contributed by atoms with Crippen LogP contribution in [0.1, 0.15) is 37.8 Å². The zero-order chi connectivity index (χ0) is 29.4. The summed E-state index contributed by atoms with van der Waals surface area (Å²) >= 11 is 0. The molecule has 3 saturated heterocycles. The zero-order valence-corrected chi connectivity index (χ0v) is 21.8. The summed E-state index contributed by atoms with van der Waals surface area (Å²) in [6.07, 6.45) is -2.89. The number of carbonyl (C=O) groups excluding carboxylic acids is 3. The van der Waals surface area contributed by atoms with Crippen molar-refractivity contribution < 1.29 is 46.6 Å². The van der Waals surface area contributed by atoms with Crippen LogP contribution in [0.25, 0.3) is 11.1 Å².